The van der Waals surface area contributed by atoms with Gasteiger partial charge in [0.05, 0.1) is 0 Å². The second-order valence-electron chi connectivity index (χ2n) is 2.62. The summed E-state index contributed by atoms with van der Waals surface area (Å²) in [5.41, 5.74) is -2.15. The molecule has 0 radical (unpaired) electrons. The molecule has 1 unspecified atom stereocenters. The fourth-order valence-corrected chi connectivity index (χ4v) is 1.26. The van der Waals surface area contributed by atoms with Crippen molar-refractivity contribution in [2.45, 2.75) is 19.0 Å². The predicted molar refractivity (Wildman–Crippen MR) is 45.5 cm³/mol. The maximum atomic E-state index is 13.0. The highest BCUT2D eigenvalue weighted by Crippen LogP contribution is 2.38. The first-order chi connectivity index (χ1) is 4.93. The van der Waals surface area contributed by atoms with E-state index in [1.54, 1.807) is 22.6 Å². The Balaban J connectivity index is 3.01. The summed E-state index contributed by atoms with van der Waals surface area (Å²) in [5, 5.41) is 0. The standard InChI is InChI=1S/C7H6F3I/c1-7(10)3-4(8)5(11)2-6(7)9/h2H,3H2,1H3. The summed E-state index contributed by atoms with van der Waals surface area (Å²) >= 11 is 1.64. The molecule has 1 atom stereocenters. The van der Waals surface area contributed by atoms with Gasteiger partial charge >= 0.3 is 0 Å². The van der Waals surface area contributed by atoms with Crippen LogP contribution in [0, 0.1) is 0 Å². The van der Waals surface area contributed by atoms with Crippen molar-refractivity contribution in [2.24, 2.45) is 0 Å². The van der Waals surface area contributed by atoms with Crippen molar-refractivity contribution < 1.29 is 13.2 Å². The summed E-state index contributed by atoms with van der Waals surface area (Å²) in [7, 11) is 0. The molecule has 4 heteroatoms. The van der Waals surface area contributed by atoms with Gasteiger partial charge in [0.25, 0.3) is 0 Å². The SMILES string of the molecule is CC1(F)CC(F)=C(I)C=C1F. The van der Waals surface area contributed by atoms with Crippen molar-refractivity contribution in [3.8, 4) is 0 Å². The molecule has 0 fully saturated rings. The van der Waals surface area contributed by atoms with Crippen LogP contribution in [0.3, 0.4) is 0 Å². The third-order valence-electron chi connectivity index (χ3n) is 1.50. The van der Waals surface area contributed by atoms with E-state index in [4.69, 9.17) is 0 Å². The predicted octanol–water partition coefficient (Wildman–Crippen LogP) is 3.59. The number of hydrogen-bond donors (Lipinski definition) is 0. The van der Waals surface area contributed by atoms with E-state index in [0.29, 0.717) is 0 Å². The number of hydrogen-bond acceptors (Lipinski definition) is 0. The van der Waals surface area contributed by atoms with E-state index in [9.17, 15) is 13.2 Å². The average Bonchev–Trinajstić information content (AvgIpc) is 1.83. The molecule has 1 rings (SSSR count). The van der Waals surface area contributed by atoms with Crippen molar-refractivity contribution >= 4 is 22.6 Å². The van der Waals surface area contributed by atoms with Crippen molar-refractivity contribution in [3.63, 3.8) is 0 Å². The molecule has 0 amide bonds. The number of halogens is 4. The third-order valence-corrected chi connectivity index (χ3v) is 2.39. The van der Waals surface area contributed by atoms with Gasteiger partial charge in [-0.25, -0.2) is 13.2 Å². The summed E-state index contributed by atoms with van der Waals surface area (Å²) in [6.45, 7) is 1.03. The lowest BCUT2D eigenvalue weighted by molar-refractivity contribution is 0.184. The molecule has 62 valence electrons. The van der Waals surface area contributed by atoms with Crippen LogP contribution in [0.4, 0.5) is 13.2 Å². The lowest BCUT2D eigenvalue weighted by Crippen LogP contribution is -2.21. The molecule has 0 aromatic rings. The summed E-state index contributed by atoms with van der Waals surface area (Å²) in [5.74, 6) is -1.49. The summed E-state index contributed by atoms with van der Waals surface area (Å²) < 4.78 is 38.4. The highest BCUT2D eigenvalue weighted by Gasteiger charge is 2.34. The molecular weight excluding hydrogens is 268 g/mol. The zero-order valence-corrected chi connectivity index (χ0v) is 7.95. The molecule has 0 bridgehead atoms. The molecule has 11 heavy (non-hydrogen) atoms. The summed E-state index contributed by atoms with van der Waals surface area (Å²) in [4.78, 5) is 0. The summed E-state index contributed by atoms with van der Waals surface area (Å²) in [6, 6.07) is 0. The van der Waals surface area contributed by atoms with Gasteiger partial charge in [-0.1, -0.05) is 0 Å². The average molecular weight is 274 g/mol. The molecule has 0 aromatic heterocycles. The van der Waals surface area contributed by atoms with Gasteiger partial charge in [0.2, 0.25) is 0 Å². The van der Waals surface area contributed by atoms with E-state index in [1.165, 1.54) is 0 Å². The van der Waals surface area contributed by atoms with Crippen LogP contribution in [0.5, 0.6) is 0 Å². The first-order valence-corrected chi connectivity index (χ1v) is 4.12. The van der Waals surface area contributed by atoms with Crippen LogP contribution < -0.4 is 0 Å². The van der Waals surface area contributed by atoms with E-state index in [-0.39, 0.29) is 3.58 Å². The maximum absolute atomic E-state index is 13.0. The monoisotopic (exact) mass is 274 g/mol. The number of allylic oxidation sites excluding steroid dienone is 4. The minimum absolute atomic E-state index is 0.148. The Morgan fingerprint density at radius 3 is 2.55 bits per heavy atom. The maximum Gasteiger partial charge on any atom is 0.165 e. The zero-order valence-electron chi connectivity index (χ0n) is 5.80. The second kappa shape index (κ2) is 2.80. The molecule has 0 nitrogen and oxygen atoms in total. The Morgan fingerprint density at radius 1 is 1.55 bits per heavy atom. The van der Waals surface area contributed by atoms with E-state index in [2.05, 4.69) is 0 Å². The van der Waals surface area contributed by atoms with Gasteiger partial charge in [0.15, 0.2) is 5.67 Å². The Morgan fingerprint density at radius 2 is 2.09 bits per heavy atom. The van der Waals surface area contributed by atoms with Crippen molar-refractivity contribution in [2.75, 3.05) is 0 Å². The fraction of sp³-hybridized carbons (Fsp3) is 0.429. The van der Waals surface area contributed by atoms with E-state index in [1.807, 2.05) is 0 Å². The molecular formula is C7H6F3I. The number of alkyl halides is 1. The molecule has 0 heterocycles. The molecule has 0 aliphatic heterocycles. The minimum atomic E-state index is -2.15. The van der Waals surface area contributed by atoms with Gasteiger partial charge in [-0.2, -0.15) is 0 Å². The topological polar surface area (TPSA) is 0 Å². The molecule has 0 N–H and O–H groups in total. The van der Waals surface area contributed by atoms with Gasteiger partial charge in [-0.3, -0.25) is 0 Å². The van der Waals surface area contributed by atoms with Crippen LogP contribution in [0.15, 0.2) is 21.3 Å². The minimum Gasteiger partial charge on any atom is -0.236 e. The highest BCUT2D eigenvalue weighted by atomic mass is 127. The summed E-state index contributed by atoms with van der Waals surface area (Å²) in [6.07, 6.45) is 0.396. The van der Waals surface area contributed by atoms with Crippen molar-refractivity contribution in [1.29, 1.82) is 0 Å². The van der Waals surface area contributed by atoms with Gasteiger partial charge in [-0.05, 0) is 35.6 Å². The first-order valence-electron chi connectivity index (χ1n) is 3.04. The first kappa shape index (κ1) is 9.09. The van der Waals surface area contributed by atoms with Gasteiger partial charge < -0.3 is 0 Å². The molecule has 1 aliphatic carbocycles. The fourth-order valence-electron chi connectivity index (χ4n) is 0.800. The van der Waals surface area contributed by atoms with E-state index < -0.39 is 23.7 Å². The Kier molecular flexibility index (Phi) is 2.32. The van der Waals surface area contributed by atoms with Crippen LogP contribution in [0.1, 0.15) is 13.3 Å². The lowest BCUT2D eigenvalue weighted by Gasteiger charge is -2.21. The third kappa shape index (κ3) is 1.77. The van der Waals surface area contributed by atoms with Crippen LogP contribution in [0.2, 0.25) is 0 Å². The van der Waals surface area contributed by atoms with Gasteiger partial charge in [-0.15, -0.1) is 0 Å². The Hall–Kier alpha value is -0.0000000000000000555. The zero-order chi connectivity index (χ0) is 8.65. The van der Waals surface area contributed by atoms with Crippen LogP contribution in [-0.4, -0.2) is 5.67 Å². The number of rotatable bonds is 0. The van der Waals surface area contributed by atoms with Gasteiger partial charge in [0.1, 0.15) is 11.7 Å². The Bertz CT molecular complexity index is 240. The van der Waals surface area contributed by atoms with Crippen molar-refractivity contribution in [1.82, 2.24) is 0 Å². The molecule has 0 saturated carbocycles. The van der Waals surface area contributed by atoms with Crippen molar-refractivity contribution in [3.05, 3.63) is 21.3 Å². The quantitative estimate of drug-likeness (QED) is 0.592. The van der Waals surface area contributed by atoms with Crippen LogP contribution >= 0.6 is 22.6 Å². The lowest BCUT2D eigenvalue weighted by atomic mass is 9.98. The normalized spacial score (nSPS) is 32.3. The largest absolute Gasteiger partial charge is 0.236 e. The molecule has 0 spiro atoms. The molecule has 1 aliphatic rings. The Labute approximate surface area is 76.3 Å². The van der Waals surface area contributed by atoms with Gasteiger partial charge in [0, 0.05) is 10.0 Å². The smallest absolute Gasteiger partial charge is 0.165 e. The van der Waals surface area contributed by atoms with E-state index >= 15 is 0 Å². The highest BCUT2D eigenvalue weighted by molar-refractivity contribution is 14.1. The second-order valence-corrected chi connectivity index (χ2v) is 3.78. The molecule has 0 saturated heterocycles. The molecule has 0 aromatic carbocycles. The van der Waals surface area contributed by atoms with Crippen LogP contribution in [-0.2, 0) is 0 Å². The van der Waals surface area contributed by atoms with E-state index in [0.717, 1.165) is 13.0 Å². The van der Waals surface area contributed by atoms with Crippen LogP contribution in [0.25, 0.3) is 0 Å².